The van der Waals surface area contributed by atoms with E-state index in [9.17, 15) is 4.79 Å². The molecule has 2 amide bonds. The minimum atomic E-state index is -0.261. The van der Waals surface area contributed by atoms with Gasteiger partial charge in [-0.05, 0) is 18.4 Å². The molecule has 1 atom stereocenters. The zero-order valence-electron chi connectivity index (χ0n) is 11.5. The highest BCUT2D eigenvalue weighted by Gasteiger charge is 2.08. The Hall–Kier alpha value is -1.86. The summed E-state index contributed by atoms with van der Waals surface area (Å²) in [6.07, 6.45) is 1.82. The summed E-state index contributed by atoms with van der Waals surface area (Å²) >= 11 is 1.61. The first kappa shape index (κ1) is 14.5. The van der Waals surface area contributed by atoms with Gasteiger partial charge in [-0.1, -0.05) is 6.07 Å². The van der Waals surface area contributed by atoms with E-state index >= 15 is 0 Å². The maximum atomic E-state index is 11.7. The number of thiophene rings is 1. The Morgan fingerprint density at radius 1 is 1.55 bits per heavy atom. The zero-order chi connectivity index (χ0) is 14.4. The van der Waals surface area contributed by atoms with Crippen LogP contribution in [-0.4, -0.2) is 29.5 Å². The van der Waals surface area contributed by atoms with E-state index in [2.05, 4.69) is 15.7 Å². The topological polar surface area (TPSA) is 68.2 Å². The van der Waals surface area contributed by atoms with Crippen LogP contribution in [0.4, 0.5) is 10.6 Å². The second-order valence-corrected chi connectivity index (χ2v) is 5.40. The van der Waals surface area contributed by atoms with Crippen molar-refractivity contribution < 1.29 is 9.53 Å². The molecular weight excluding hydrogens is 276 g/mol. The summed E-state index contributed by atoms with van der Waals surface area (Å²) in [4.78, 5) is 12.8. The van der Waals surface area contributed by atoms with E-state index in [-0.39, 0.29) is 12.1 Å². The molecule has 7 heteroatoms. The summed E-state index contributed by atoms with van der Waals surface area (Å²) < 4.78 is 6.83. The molecule has 0 fully saturated rings. The van der Waals surface area contributed by atoms with Crippen LogP contribution in [0.3, 0.4) is 0 Å². The second-order valence-electron chi connectivity index (χ2n) is 4.37. The molecule has 108 valence electrons. The number of methoxy groups -OCH3 is 1. The lowest BCUT2D eigenvalue weighted by Gasteiger charge is -2.10. The lowest BCUT2D eigenvalue weighted by molar-refractivity contribution is 0.157. The molecule has 0 aliphatic carbocycles. The average molecular weight is 294 g/mol. The van der Waals surface area contributed by atoms with Crippen molar-refractivity contribution in [2.45, 2.75) is 19.5 Å². The first-order valence-electron chi connectivity index (χ1n) is 6.30. The third kappa shape index (κ3) is 4.07. The number of nitrogens with zero attached hydrogens (tertiary/aromatic N) is 2. The van der Waals surface area contributed by atoms with E-state index in [1.165, 1.54) is 0 Å². The van der Waals surface area contributed by atoms with E-state index in [0.717, 1.165) is 4.88 Å². The van der Waals surface area contributed by atoms with Crippen molar-refractivity contribution in [2.75, 3.05) is 19.0 Å². The van der Waals surface area contributed by atoms with Gasteiger partial charge in [-0.3, -0.25) is 10.00 Å². The number of carbonyl (C=O) groups excluding carboxylic acids is 1. The fourth-order valence-corrected chi connectivity index (χ4v) is 2.35. The molecule has 0 saturated heterocycles. The van der Waals surface area contributed by atoms with Crippen molar-refractivity contribution >= 4 is 23.2 Å². The minimum Gasteiger partial charge on any atom is -0.382 e. The van der Waals surface area contributed by atoms with Crippen LogP contribution in [0.25, 0.3) is 0 Å². The zero-order valence-corrected chi connectivity index (χ0v) is 12.3. The third-order valence-corrected chi connectivity index (χ3v) is 3.59. The maximum absolute atomic E-state index is 11.7. The summed E-state index contributed by atoms with van der Waals surface area (Å²) in [5, 5.41) is 11.7. The fraction of sp³-hybridized carbons (Fsp3) is 0.385. The number of carbonyl (C=O) groups is 1. The molecule has 0 spiro atoms. The van der Waals surface area contributed by atoms with Crippen LogP contribution in [0, 0.1) is 0 Å². The van der Waals surface area contributed by atoms with E-state index in [0.29, 0.717) is 19.0 Å². The number of hydrogen-bond donors (Lipinski definition) is 2. The monoisotopic (exact) mass is 294 g/mol. The first-order chi connectivity index (χ1) is 9.69. The number of hydrogen-bond acceptors (Lipinski definition) is 4. The Morgan fingerprint density at radius 3 is 3.10 bits per heavy atom. The predicted octanol–water partition coefficient (Wildman–Crippen LogP) is 2.47. The van der Waals surface area contributed by atoms with Crippen LogP contribution in [0.2, 0.25) is 0 Å². The molecule has 2 rings (SSSR count). The standard InChI is InChI=1S/C13H18N4O2S/c1-10(9-19-2)17-6-5-12(16-17)15-13(18)14-8-11-4-3-7-20-11/h3-7,10H,8-9H2,1-2H3,(H2,14,15,16,18)/t10-/m0/s1. The Morgan fingerprint density at radius 2 is 2.40 bits per heavy atom. The molecule has 2 N–H and O–H groups in total. The molecule has 0 saturated carbocycles. The van der Waals surface area contributed by atoms with Crippen LogP contribution >= 0.6 is 11.3 Å². The normalized spacial score (nSPS) is 12.1. The highest BCUT2D eigenvalue weighted by atomic mass is 32.1. The van der Waals surface area contributed by atoms with Crippen LogP contribution in [0.15, 0.2) is 29.8 Å². The SMILES string of the molecule is COC[C@H](C)n1ccc(NC(=O)NCc2cccs2)n1. The van der Waals surface area contributed by atoms with Crippen molar-refractivity contribution in [3.8, 4) is 0 Å². The first-order valence-corrected chi connectivity index (χ1v) is 7.18. The molecule has 2 heterocycles. The van der Waals surface area contributed by atoms with Gasteiger partial charge in [0, 0.05) is 24.3 Å². The molecule has 0 radical (unpaired) electrons. The number of anilines is 1. The van der Waals surface area contributed by atoms with Crippen molar-refractivity contribution in [3.63, 3.8) is 0 Å². The minimum absolute atomic E-state index is 0.129. The summed E-state index contributed by atoms with van der Waals surface area (Å²) in [5.41, 5.74) is 0. The lowest BCUT2D eigenvalue weighted by Crippen LogP contribution is -2.28. The summed E-state index contributed by atoms with van der Waals surface area (Å²) in [6, 6.07) is 5.56. The lowest BCUT2D eigenvalue weighted by atomic mass is 10.4. The molecule has 2 aromatic heterocycles. The quantitative estimate of drug-likeness (QED) is 0.860. The molecule has 20 heavy (non-hydrogen) atoms. The van der Waals surface area contributed by atoms with Gasteiger partial charge < -0.3 is 10.1 Å². The average Bonchev–Trinajstić information content (AvgIpc) is 3.07. The molecule has 0 aliphatic heterocycles. The van der Waals surface area contributed by atoms with Crippen molar-refractivity contribution in [3.05, 3.63) is 34.7 Å². The van der Waals surface area contributed by atoms with Crippen LogP contribution in [0.1, 0.15) is 17.8 Å². The Bertz CT molecular complexity index is 538. The Labute approximate surface area is 121 Å². The molecule has 0 unspecified atom stereocenters. The molecule has 2 aromatic rings. The number of ether oxygens (including phenoxy) is 1. The van der Waals surface area contributed by atoms with Crippen LogP contribution in [0.5, 0.6) is 0 Å². The number of urea groups is 1. The highest BCUT2D eigenvalue weighted by molar-refractivity contribution is 7.09. The van der Waals surface area contributed by atoms with Crippen molar-refractivity contribution in [1.29, 1.82) is 0 Å². The van der Waals surface area contributed by atoms with Crippen molar-refractivity contribution in [2.24, 2.45) is 0 Å². The predicted molar refractivity (Wildman–Crippen MR) is 79.0 cm³/mol. The van der Waals surface area contributed by atoms with Gasteiger partial charge in [0.05, 0.1) is 19.2 Å². The number of rotatable bonds is 6. The van der Waals surface area contributed by atoms with Gasteiger partial charge >= 0.3 is 6.03 Å². The van der Waals surface area contributed by atoms with Gasteiger partial charge in [-0.2, -0.15) is 5.10 Å². The molecule has 6 nitrogen and oxygen atoms in total. The number of aromatic nitrogens is 2. The van der Waals surface area contributed by atoms with Crippen LogP contribution in [-0.2, 0) is 11.3 Å². The summed E-state index contributed by atoms with van der Waals surface area (Å²) in [6.45, 7) is 3.09. The summed E-state index contributed by atoms with van der Waals surface area (Å²) in [7, 11) is 1.65. The third-order valence-electron chi connectivity index (χ3n) is 2.71. The van der Waals surface area contributed by atoms with Gasteiger partial charge in [-0.15, -0.1) is 11.3 Å². The fourth-order valence-electron chi connectivity index (χ4n) is 1.71. The highest BCUT2D eigenvalue weighted by Crippen LogP contribution is 2.10. The Balaban J connectivity index is 1.82. The largest absolute Gasteiger partial charge is 0.382 e. The molecule has 0 bridgehead atoms. The second kappa shape index (κ2) is 7.06. The Kier molecular flexibility index (Phi) is 5.14. The smallest absolute Gasteiger partial charge is 0.320 e. The van der Waals surface area contributed by atoms with E-state index < -0.39 is 0 Å². The van der Waals surface area contributed by atoms with E-state index in [1.54, 1.807) is 29.2 Å². The number of nitrogens with one attached hydrogen (secondary N) is 2. The summed E-state index contributed by atoms with van der Waals surface area (Å²) in [5.74, 6) is 0.525. The van der Waals surface area contributed by atoms with Gasteiger partial charge in [0.2, 0.25) is 0 Å². The maximum Gasteiger partial charge on any atom is 0.320 e. The van der Waals surface area contributed by atoms with Crippen LogP contribution < -0.4 is 10.6 Å². The van der Waals surface area contributed by atoms with E-state index in [4.69, 9.17) is 4.74 Å². The van der Waals surface area contributed by atoms with Gasteiger partial charge in [0.1, 0.15) is 0 Å². The van der Waals surface area contributed by atoms with Crippen molar-refractivity contribution in [1.82, 2.24) is 15.1 Å². The van der Waals surface area contributed by atoms with Gasteiger partial charge in [0.15, 0.2) is 5.82 Å². The van der Waals surface area contributed by atoms with Gasteiger partial charge in [0.25, 0.3) is 0 Å². The van der Waals surface area contributed by atoms with E-state index in [1.807, 2.05) is 30.6 Å². The number of amides is 2. The molecular formula is C13H18N4O2S. The molecule has 0 aromatic carbocycles. The van der Waals surface area contributed by atoms with Gasteiger partial charge in [-0.25, -0.2) is 4.79 Å². The molecule has 0 aliphatic rings.